The van der Waals surface area contributed by atoms with E-state index in [-0.39, 0.29) is 24.7 Å². The maximum atomic E-state index is 12.5. The predicted molar refractivity (Wildman–Crippen MR) is 159 cm³/mol. The van der Waals surface area contributed by atoms with Gasteiger partial charge in [0, 0.05) is 76.4 Å². The van der Waals surface area contributed by atoms with Gasteiger partial charge in [-0.25, -0.2) is 9.31 Å². The number of benzene rings is 1. The van der Waals surface area contributed by atoms with Crippen molar-refractivity contribution in [3.63, 3.8) is 0 Å². The van der Waals surface area contributed by atoms with E-state index in [2.05, 4.69) is 55.3 Å². The van der Waals surface area contributed by atoms with Gasteiger partial charge in [0.05, 0.1) is 23.4 Å². The van der Waals surface area contributed by atoms with E-state index in [0.717, 1.165) is 66.9 Å². The summed E-state index contributed by atoms with van der Waals surface area (Å²) in [5, 5.41) is 7.54. The van der Waals surface area contributed by atoms with Crippen LogP contribution in [0.15, 0.2) is 48.8 Å². The first-order valence-corrected chi connectivity index (χ1v) is 14.8. The molecule has 0 aliphatic carbocycles. The van der Waals surface area contributed by atoms with Gasteiger partial charge < -0.3 is 24.6 Å². The number of methoxy groups -OCH3 is 1. The van der Waals surface area contributed by atoms with Gasteiger partial charge in [-0.15, -0.1) is 0 Å². The second kappa shape index (κ2) is 12.9. The smallest absolute Gasteiger partial charge is 0.345 e. The lowest BCUT2D eigenvalue weighted by Gasteiger charge is -2.43. The van der Waals surface area contributed by atoms with Crippen LogP contribution in [0.3, 0.4) is 0 Å². The topological polar surface area (TPSA) is 74.6 Å². The van der Waals surface area contributed by atoms with Crippen LogP contribution in [0, 0.1) is 0 Å². The summed E-state index contributed by atoms with van der Waals surface area (Å²) in [7, 11) is 1.75. The molecule has 3 aromatic rings. The molecule has 1 aromatic carbocycles. The average Bonchev–Trinajstić information content (AvgIpc) is 3.44. The maximum absolute atomic E-state index is 12.5. The number of fused-ring (bicyclic) bond motifs is 1. The van der Waals surface area contributed by atoms with Crippen molar-refractivity contribution >= 4 is 17.2 Å². The number of amides is 2. The molecule has 1 atom stereocenters. The number of nitrogens with zero attached hydrogens (tertiary/aromatic N) is 5. The van der Waals surface area contributed by atoms with Crippen LogP contribution < -0.4 is 10.2 Å². The van der Waals surface area contributed by atoms with E-state index in [9.17, 15) is 13.6 Å². The first-order chi connectivity index (χ1) is 20.2. The highest BCUT2D eigenvalue weighted by molar-refractivity contribution is 5.80. The number of carbonyl (C=O) groups excluding carboxylic acids is 1. The molecule has 4 heterocycles. The SMILES string of the molecule is COC1(c2ccc(-c3cc4c(N5CCN(C(=O)NC(C)C)CC5)ccnn4c3)cc2)CCN([C@@H](C)COC(F)F)CC1. The molecule has 9 nitrogen and oxygen atoms in total. The summed E-state index contributed by atoms with van der Waals surface area (Å²) in [5.41, 5.74) is 5.01. The van der Waals surface area contributed by atoms with Gasteiger partial charge in [0.25, 0.3) is 0 Å². The van der Waals surface area contributed by atoms with Crippen LogP contribution in [0.1, 0.15) is 39.2 Å². The van der Waals surface area contributed by atoms with E-state index < -0.39 is 12.2 Å². The number of hydrogen-bond donors (Lipinski definition) is 1. The monoisotopic (exact) mass is 584 g/mol. The minimum Gasteiger partial charge on any atom is -0.373 e. The zero-order chi connectivity index (χ0) is 29.9. The Morgan fingerprint density at radius 2 is 1.69 bits per heavy atom. The Morgan fingerprint density at radius 1 is 1.00 bits per heavy atom. The van der Waals surface area contributed by atoms with Crippen molar-refractivity contribution in [1.29, 1.82) is 0 Å². The molecule has 42 heavy (non-hydrogen) atoms. The lowest BCUT2D eigenvalue weighted by atomic mass is 9.83. The second-order valence-electron chi connectivity index (χ2n) is 11.6. The van der Waals surface area contributed by atoms with Gasteiger partial charge in [0.15, 0.2) is 0 Å². The van der Waals surface area contributed by atoms with Crippen molar-refractivity contribution in [2.24, 2.45) is 0 Å². The molecule has 2 aliphatic heterocycles. The van der Waals surface area contributed by atoms with Crippen molar-refractivity contribution < 1.29 is 23.0 Å². The number of halogens is 2. The number of likely N-dealkylation sites (tertiary alicyclic amines) is 1. The van der Waals surface area contributed by atoms with Crippen molar-refractivity contribution in [3.05, 3.63) is 54.4 Å². The molecule has 0 radical (unpaired) electrons. The Labute approximate surface area is 246 Å². The third kappa shape index (κ3) is 6.53. The molecule has 2 saturated heterocycles. The van der Waals surface area contributed by atoms with Crippen LogP contribution in [0.25, 0.3) is 16.6 Å². The minimum atomic E-state index is -2.74. The average molecular weight is 585 g/mol. The molecule has 0 bridgehead atoms. The van der Waals surface area contributed by atoms with Crippen molar-refractivity contribution in [3.8, 4) is 11.1 Å². The number of hydrogen-bond acceptors (Lipinski definition) is 6. The van der Waals surface area contributed by atoms with E-state index in [1.165, 1.54) is 0 Å². The molecule has 2 aromatic heterocycles. The van der Waals surface area contributed by atoms with Crippen LogP contribution >= 0.6 is 0 Å². The second-order valence-corrected chi connectivity index (χ2v) is 11.6. The van der Waals surface area contributed by atoms with Crippen molar-refractivity contribution in [1.82, 2.24) is 24.7 Å². The molecular weight excluding hydrogens is 542 g/mol. The van der Waals surface area contributed by atoms with E-state index in [1.807, 2.05) is 48.6 Å². The Hall–Kier alpha value is -3.28. The number of anilines is 1. The van der Waals surface area contributed by atoms with Gasteiger partial charge >= 0.3 is 12.6 Å². The van der Waals surface area contributed by atoms with E-state index >= 15 is 0 Å². The Balaban J connectivity index is 1.27. The van der Waals surface area contributed by atoms with Crippen LogP contribution in [0.2, 0.25) is 0 Å². The molecule has 2 aliphatic rings. The fraction of sp³-hybridized carbons (Fsp3) is 0.548. The summed E-state index contributed by atoms with van der Waals surface area (Å²) in [6.45, 7) is 7.50. The molecule has 11 heteroatoms. The number of piperazine rings is 1. The quantitative estimate of drug-likeness (QED) is 0.389. The number of aromatic nitrogens is 2. The fourth-order valence-corrected chi connectivity index (χ4v) is 6.13. The number of alkyl halides is 2. The zero-order valence-electron chi connectivity index (χ0n) is 24.9. The summed E-state index contributed by atoms with van der Waals surface area (Å²) >= 11 is 0. The van der Waals surface area contributed by atoms with Gasteiger partial charge in [0.2, 0.25) is 0 Å². The molecule has 5 rings (SSSR count). The summed E-state index contributed by atoms with van der Waals surface area (Å²) < 4.78 is 37.5. The van der Waals surface area contributed by atoms with Crippen molar-refractivity contribution in [2.45, 2.75) is 57.9 Å². The molecular formula is C31H42F2N6O3. The van der Waals surface area contributed by atoms with E-state index in [4.69, 9.17) is 4.74 Å². The molecule has 0 unspecified atom stereocenters. The lowest BCUT2D eigenvalue weighted by Crippen LogP contribution is -2.53. The van der Waals surface area contributed by atoms with Crippen LogP contribution in [0.4, 0.5) is 19.3 Å². The number of nitrogens with one attached hydrogen (secondary N) is 1. The highest BCUT2D eigenvalue weighted by atomic mass is 19.3. The molecule has 2 amide bonds. The van der Waals surface area contributed by atoms with Crippen molar-refractivity contribution in [2.75, 3.05) is 57.9 Å². The lowest BCUT2D eigenvalue weighted by molar-refractivity contribution is -0.145. The predicted octanol–water partition coefficient (Wildman–Crippen LogP) is 4.81. The summed E-state index contributed by atoms with van der Waals surface area (Å²) in [6.07, 6.45) is 5.42. The zero-order valence-corrected chi connectivity index (χ0v) is 24.9. The first-order valence-electron chi connectivity index (χ1n) is 14.8. The van der Waals surface area contributed by atoms with Gasteiger partial charge in [-0.3, -0.25) is 4.90 Å². The summed E-state index contributed by atoms with van der Waals surface area (Å²) in [5.74, 6) is 0. The van der Waals surface area contributed by atoms with Crippen LogP contribution in [0.5, 0.6) is 0 Å². The molecule has 228 valence electrons. The number of carbonyl (C=O) groups is 1. The molecule has 0 spiro atoms. The first kappa shape index (κ1) is 30.2. The van der Waals surface area contributed by atoms with Gasteiger partial charge in [-0.2, -0.15) is 13.9 Å². The van der Waals surface area contributed by atoms with Crippen LogP contribution in [-0.2, 0) is 15.1 Å². The number of ether oxygens (including phenoxy) is 2. The van der Waals surface area contributed by atoms with Gasteiger partial charge in [-0.05, 0) is 56.9 Å². The number of urea groups is 1. The third-order valence-electron chi connectivity index (χ3n) is 8.63. The highest BCUT2D eigenvalue weighted by Gasteiger charge is 2.37. The molecule has 2 fully saturated rings. The number of rotatable bonds is 9. The summed E-state index contributed by atoms with van der Waals surface area (Å²) in [6, 6.07) is 12.8. The minimum absolute atomic E-state index is 0.00669. The summed E-state index contributed by atoms with van der Waals surface area (Å²) in [4.78, 5) is 18.8. The Kier molecular flexibility index (Phi) is 9.29. The number of piperidine rings is 1. The molecule has 0 saturated carbocycles. The fourth-order valence-electron chi connectivity index (χ4n) is 6.13. The maximum Gasteiger partial charge on any atom is 0.345 e. The van der Waals surface area contributed by atoms with E-state index in [1.54, 1.807) is 7.11 Å². The Bertz CT molecular complexity index is 1330. The third-order valence-corrected chi connectivity index (χ3v) is 8.63. The molecule has 1 N–H and O–H groups in total. The van der Waals surface area contributed by atoms with Gasteiger partial charge in [-0.1, -0.05) is 24.3 Å². The standard InChI is InChI=1S/C31H42F2N6O3/c1-22(2)35-30(40)38-17-15-37(16-18-38)27-9-12-34-39-20-25(19-28(27)39)24-5-7-26(8-6-24)31(41-4)10-13-36(14-11-31)23(3)21-42-29(32)33/h5-9,12,19-20,22-23,29H,10-11,13-18,21H2,1-4H3,(H,35,40)/t23-/m0/s1. The normalized spacial score (nSPS) is 18.7. The van der Waals surface area contributed by atoms with Gasteiger partial charge in [0.1, 0.15) is 0 Å². The largest absolute Gasteiger partial charge is 0.373 e. The van der Waals surface area contributed by atoms with E-state index in [0.29, 0.717) is 13.1 Å². The highest BCUT2D eigenvalue weighted by Crippen LogP contribution is 2.38. The Morgan fingerprint density at radius 3 is 2.31 bits per heavy atom. The van der Waals surface area contributed by atoms with Crippen LogP contribution in [-0.4, -0.2) is 97.1 Å².